The molecular weight excluding hydrogens is 212 g/mol. The summed E-state index contributed by atoms with van der Waals surface area (Å²) in [6, 6.07) is 1.12. The number of nitrogens with one attached hydrogen (secondary N) is 1. The van der Waals surface area contributed by atoms with E-state index < -0.39 is 0 Å². The quantitative estimate of drug-likeness (QED) is 0.786. The van der Waals surface area contributed by atoms with Crippen molar-refractivity contribution >= 4 is 6.03 Å². The Morgan fingerprint density at radius 1 is 1.12 bits per heavy atom. The van der Waals surface area contributed by atoms with Gasteiger partial charge >= 0.3 is 6.03 Å². The lowest BCUT2D eigenvalue weighted by Crippen LogP contribution is -2.51. The first-order valence-electron chi connectivity index (χ1n) is 7.38. The first-order valence-corrected chi connectivity index (χ1v) is 7.38. The molecule has 1 saturated carbocycles. The Morgan fingerprint density at radius 2 is 1.82 bits per heavy atom. The molecule has 0 bridgehead atoms. The predicted molar refractivity (Wildman–Crippen MR) is 70.0 cm³/mol. The van der Waals surface area contributed by atoms with Gasteiger partial charge in [-0.3, -0.25) is 0 Å². The van der Waals surface area contributed by atoms with E-state index in [0.717, 1.165) is 13.0 Å². The maximum absolute atomic E-state index is 12.3. The van der Waals surface area contributed by atoms with E-state index in [1.165, 1.54) is 51.4 Å². The lowest BCUT2D eigenvalue weighted by Gasteiger charge is -2.36. The molecule has 2 amide bonds. The van der Waals surface area contributed by atoms with E-state index in [-0.39, 0.29) is 6.03 Å². The molecule has 1 atom stereocenters. The molecule has 0 aromatic rings. The molecule has 0 aromatic heterocycles. The van der Waals surface area contributed by atoms with Gasteiger partial charge in [-0.1, -0.05) is 26.2 Å². The second-order valence-corrected chi connectivity index (χ2v) is 5.54. The fourth-order valence-electron chi connectivity index (χ4n) is 3.20. The highest BCUT2D eigenvalue weighted by molar-refractivity contribution is 5.75. The zero-order valence-electron chi connectivity index (χ0n) is 11.1. The van der Waals surface area contributed by atoms with Crippen LogP contribution in [0.4, 0.5) is 4.79 Å². The van der Waals surface area contributed by atoms with Crippen LogP contribution >= 0.6 is 0 Å². The molecule has 0 spiro atoms. The summed E-state index contributed by atoms with van der Waals surface area (Å²) < 4.78 is 0. The molecular formula is C14H26N2O. The number of carbonyl (C=O) groups excluding carboxylic acids is 1. The summed E-state index contributed by atoms with van der Waals surface area (Å²) in [6.07, 6.45) is 11.0. The maximum Gasteiger partial charge on any atom is 0.317 e. The number of piperidine rings is 1. The van der Waals surface area contributed by atoms with Crippen LogP contribution in [-0.2, 0) is 0 Å². The monoisotopic (exact) mass is 238 g/mol. The number of hydrogen-bond donors (Lipinski definition) is 1. The largest absolute Gasteiger partial charge is 0.335 e. The van der Waals surface area contributed by atoms with Crippen LogP contribution in [0.3, 0.4) is 0 Å². The number of amides is 2. The summed E-state index contributed by atoms with van der Waals surface area (Å²) in [4.78, 5) is 14.3. The van der Waals surface area contributed by atoms with Gasteiger partial charge in [0.25, 0.3) is 0 Å². The molecule has 3 nitrogen and oxygen atoms in total. The van der Waals surface area contributed by atoms with Crippen molar-refractivity contribution < 1.29 is 4.79 Å². The number of hydrogen-bond acceptors (Lipinski definition) is 1. The molecule has 1 aliphatic heterocycles. The maximum atomic E-state index is 12.3. The standard InChI is InChI=1S/C14H26N2O/c1-2-13-10-6-7-11-16(13)14(17)15-12-8-4-3-5-9-12/h12-13H,2-11H2,1H3,(H,15,17)/t13-/m1/s1. The number of urea groups is 1. The highest BCUT2D eigenvalue weighted by atomic mass is 16.2. The van der Waals surface area contributed by atoms with Crippen molar-refractivity contribution in [3.63, 3.8) is 0 Å². The summed E-state index contributed by atoms with van der Waals surface area (Å²) >= 11 is 0. The Morgan fingerprint density at radius 3 is 2.53 bits per heavy atom. The van der Waals surface area contributed by atoms with E-state index in [9.17, 15) is 4.79 Å². The van der Waals surface area contributed by atoms with E-state index >= 15 is 0 Å². The second kappa shape index (κ2) is 6.27. The molecule has 1 heterocycles. The van der Waals surface area contributed by atoms with Gasteiger partial charge in [0, 0.05) is 18.6 Å². The van der Waals surface area contributed by atoms with Crippen LogP contribution in [0.25, 0.3) is 0 Å². The third kappa shape index (κ3) is 3.36. The van der Waals surface area contributed by atoms with E-state index in [2.05, 4.69) is 17.1 Å². The first-order chi connectivity index (χ1) is 8.31. The molecule has 0 aromatic carbocycles. The Kier molecular flexibility index (Phi) is 4.69. The van der Waals surface area contributed by atoms with Gasteiger partial charge in [-0.15, -0.1) is 0 Å². The van der Waals surface area contributed by atoms with Crippen molar-refractivity contribution in [2.45, 2.75) is 76.8 Å². The summed E-state index contributed by atoms with van der Waals surface area (Å²) in [5.74, 6) is 0. The van der Waals surface area contributed by atoms with Crippen molar-refractivity contribution in [3.05, 3.63) is 0 Å². The van der Waals surface area contributed by atoms with E-state index in [1.54, 1.807) is 0 Å². The van der Waals surface area contributed by atoms with Crippen LogP contribution in [0.15, 0.2) is 0 Å². The smallest absolute Gasteiger partial charge is 0.317 e. The summed E-state index contributed by atoms with van der Waals surface area (Å²) in [5, 5.41) is 3.24. The normalized spacial score (nSPS) is 26.9. The second-order valence-electron chi connectivity index (χ2n) is 5.54. The van der Waals surface area contributed by atoms with Gasteiger partial charge in [0.1, 0.15) is 0 Å². The molecule has 1 N–H and O–H groups in total. The average Bonchev–Trinajstić information content (AvgIpc) is 2.40. The molecule has 3 heteroatoms. The van der Waals surface area contributed by atoms with Crippen molar-refractivity contribution in [3.8, 4) is 0 Å². The average molecular weight is 238 g/mol. The van der Waals surface area contributed by atoms with Gasteiger partial charge in [-0.05, 0) is 38.5 Å². The minimum absolute atomic E-state index is 0.198. The Balaban J connectivity index is 1.84. The van der Waals surface area contributed by atoms with Gasteiger partial charge in [-0.2, -0.15) is 0 Å². The molecule has 2 aliphatic rings. The highest BCUT2D eigenvalue weighted by Gasteiger charge is 2.26. The Bertz CT molecular complexity index is 249. The minimum Gasteiger partial charge on any atom is -0.335 e. The van der Waals surface area contributed by atoms with Crippen LogP contribution in [0.2, 0.25) is 0 Å². The summed E-state index contributed by atoms with van der Waals surface area (Å²) in [6.45, 7) is 3.15. The topological polar surface area (TPSA) is 32.3 Å². The minimum atomic E-state index is 0.198. The number of nitrogens with zero attached hydrogens (tertiary/aromatic N) is 1. The molecule has 2 fully saturated rings. The van der Waals surface area contributed by atoms with Gasteiger partial charge < -0.3 is 10.2 Å². The van der Waals surface area contributed by atoms with Crippen LogP contribution in [-0.4, -0.2) is 29.6 Å². The molecule has 2 rings (SSSR count). The van der Waals surface area contributed by atoms with Crippen LogP contribution < -0.4 is 5.32 Å². The molecule has 17 heavy (non-hydrogen) atoms. The fourth-order valence-corrected chi connectivity index (χ4v) is 3.20. The van der Waals surface area contributed by atoms with Gasteiger partial charge in [0.15, 0.2) is 0 Å². The number of carbonyl (C=O) groups is 1. The van der Waals surface area contributed by atoms with Crippen molar-refractivity contribution in [2.24, 2.45) is 0 Å². The number of rotatable bonds is 2. The van der Waals surface area contributed by atoms with E-state index in [4.69, 9.17) is 0 Å². The summed E-state index contributed by atoms with van der Waals surface area (Å²) in [5.41, 5.74) is 0. The summed E-state index contributed by atoms with van der Waals surface area (Å²) in [7, 11) is 0. The van der Waals surface area contributed by atoms with Crippen molar-refractivity contribution in [1.82, 2.24) is 10.2 Å². The third-order valence-corrected chi connectivity index (χ3v) is 4.29. The molecule has 0 radical (unpaired) electrons. The van der Waals surface area contributed by atoms with Crippen LogP contribution in [0.5, 0.6) is 0 Å². The lowest BCUT2D eigenvalue weighted by atomic mass is 9.95. The zero-order chi connectivity index (χ0) is 12.1. The van der Waals surface area contributed by atoms with Crippen molar-refractivity contribution in [2.75, 3.05) is 6.54 Å². The van der Waals surface area contributed by atoms with E-state index in [1.807, 2.05) is 0 Å². The van der Waals surface area contributed by atoms with Gasteiger partial charge in [0.05, 0.1) is 0 Å². The van der Waals surface area contributed by atoms with Crippen molar-refractivity contribution in [1.29, 1.82) is 0 Å². The molecule has 1 aliphatic carbocycles. The Hall–Kier alpha value is -0.730. The first kappa shape index (κ1) is 12.7. The predicted octanol–water partition coefficient (Wildman–Crippen LogP) is 3.29. The molecule has 98 valence electrons. The lowest BCUT2D eigenvalue weighted by molar-refractivity contribution is 0.143. The Labute approximate surface area is 105 Å². The molecule has 0 unspecified atom stereocenters. The molecule has 1 saturated heterocycles. The highest BCUT2D eigenvalue weighted by Crippen LogP contribution is 2.21. The van der Waals surface area contributed by atoms with Gasteiger partial charge in [0.2, 0.25) is 0 Å². The SMILES string of the molecule is CC[C@@H]1CCCCN1C(=O)NC1CCCCC1. The number of likely N-dealkylation sites (tertiary alicyclic amines) is 1. The fraction of sp³-hybridized carbons (Fsp3) is 0.929. The van der Waals surface area contributed by atoms with E-state index in [0.29, 0.717) is 12.1 Å². The van der Waals surface area contributed by atoms with Gasteiger partial charge in [-0.25, -0.2) is 4.79 Å². The third-order valence-electron chi connectivity index (χ3n) is 4.29. The van der Waals surface area contributed by atoms with Crippen LogP contribution in [0.1, 0.15) is 64.7 Å². The van der Waals surface area contributed by atoms with Crippen LogP contribution in [0, 0.1) is 0 Å². The zero-order valence-corrected chi connectivity index (χ0v) is 11.1.